The molecule has 4 heteroatoms. The highest BCUT2D eigenvalue weighted by molar-refractivity contribution is 5.75. The van der Waals surface area contributed by atoms with E-state index >= 15 is 0 Å². The normalized spacial score (nSPS) is 23.4. The molecule has 0 bridgehead atoms. The second-order valence-corrected chi connectivity index (χ2v) is 4.23. The van der Waals surface area contributed by atoms with Crippen LogP contribution in [0.1, 0.15) is 26.7 Å². The van der Waals surface area contributed by atoms with E-state index in [9.17, 15) is 4.79 Å². The van der Waals surface area contributed by atoms with Crippen molar-refractivity contribution < 1.29 is 9.53 Å². The summed E-state index contributed by atoms with van der Waals surface area (Å²) in [6.45, 7) is 5.51. The van der Waals surface area contributed by atoms with E-state index in [0.717, 1.165) is 19.6 Å². The van der Waals surface area contributed by atoms with E-state index in [-0.39, 0.29) is 11.4 Å². The van der Waals surface area contributed by atoms with E-state index in [1.54, 1.807) is 0 Å². The minimum Gasteiger partial charge on any atom is -0.380 e. The zero-order valence-electron chi connectivity index (χ0n) is 8.30. The molecule has 1 heterocycles. The molecule has 1 saturated heterocycles. The van der Waals surface area contributed by atoms with Crippen molar-refractivity contribution in [3.63, 3.8) is 0 Å². The van der Waals surface area contributed by atoms with Gasteiger partial charge in [-0.3, -0.25) is 4.79 Å². The van der Waals surface area contributed by atoms with Gasteiger partial charge in [-0.1, -0.05) is 0 Å². The highest BCUT2D eigenvalue weighted by Crippen LogP contribution is 2.13. The number of carbonyl (C=O) groups is 1. The molecule has 1 rings (SSSR count). The minimum absolute atomic E-state index is 0.218. The summed E-state index contributed by atoms with van der Waals surface area (Å²) < 4.78 is 5.23. The summed E-state index contributed by atoms with van der Waals surface area (Å²) >= 11 is 0. The van der Waals surface area contributed by atoms with Crippen LogP contribution >= 0.6 is 0 Å². The topological polar surface area (TPSA) is 64.4 Å². The van der Waals surface area contributed by atoms with Crippen molar-refractivity contribution in [3.05, 3.63) is 0 Å². The fourth-order valence-corrected chi connectivity index (χ4v) is 1.69. The molecule has 13 heavy (non-hydrogen) atoms. The summed E-state index contributed by atoms with van der Waals surface area (Å²) in [5, 5.41) is 3.36. The van der Waals surface area contributed by atoms with Gasteiger partial charge in [-0.25, -0.2) is 0 Å². The number of carbonyl (C=O) groups excluding carboxylic acids is 1. The maximum absolute atomic E-state index is 10.7. The second-order valence-electron chi connectivity index (χ2n) is 4.23. The first-order chi connectivity index (χ1) is 5.99. The lowest BCUT2D eigenvalue weighted by Crippen LogP contribution is -2.48. The van der Waals surface area contributed by atoms with E-state index < -0.39 is 0 Å². The monoisotopic (exact) mass is 186 g/mol. The summed E-state index contributed by atoms with van der Waals surface area (Å²) in [5.41, 5.74) is 4.92. The highest BCUT2D eigenvalue weighted by atomic mass is 16.5. The largest absolute Gasteiger partial charge is 0.380 e. The molecule has 1 aliphatic rings. The molecule has 0 aromatic rings. The predicted octanol–water partition coefficient (Wildman–Crippen LogP) is 0.0189. The van der Waals surface area contributed by atoms with E-state index in [1.807, 2.05) is 13.8 Å². The lowest BCUT2D eigenvalue weighted by molar-refractivity contribution is -0.119. The average molecular weight is 186 g/mol. The van der Waals surface area contributed by atoms with Crippen molar-refractivity contribution in [1.29, 1.82) is 0 Å². The van der Waals surface area contributed by atoms with Crippen LogP contribution in [-0.2, 0) is 9.53 Å². The molecule has 4 nitrogen and oxygen atoms in total. The highest BCUT2D eigenvalue weighted by Gasteiger charge is 2.26. The molecule has 1 amide bonds. The van der Waals surface area contributed by atoms with Crippen LogP contribution in [0.15, 0.2) is 0 Å². The summed E-state index contributed by atoms with van der Waals surface area (Å²) in [6, 6.07) is 0.370. The Labute approximate surface area is 78.8 Å². The minimum atomic E-state index is -0.267. The molecule has 0 aromatic carbocycles. The van der Waals surface area contributed by atoms with Crippen LogP contribution in [0.2, 0.25) is 0 Å². The lowest BCUT2D eigenvalue weighted by Gasteiger charge is -2.28. The van der Waals surface area contributed by atoms with Gasteiger partial charge in [-0.15, -0.1) is 0 Å². The molecular formula is C9H18N2O2. The standard InChI is InChI=1S/C9H18N2O2/c1-9(2,5-8(10)12)11-7-3-4-13-6-7/h7,11H,3-6H2,1-2H3,(H2,10,12). The van der Waals surface area contributed by atoms with Crippen LogP contribution in [0.5, 0.6) is 0 Å². The van der Waals surface area contributed by atoms with Gasteiger partial charge < -0.3 is 15.8 Å². The Bertz CT molecular complexity index is 186. The predicted molar refractivity (Wildman–Crippen MR) is 50.3 cm³/mol. The maximum atomic E-state index is 10.7. The maximum Gasteiger partial charge on any atom is 0.219 e. The van der Waals surface area contributed by atoms with Crippen molar-refractivity contribution in [3.8, 4) is 0 Å². The van der Waals surface area contributed by atoms with E-state index in [1.165, 1.54) is 0 Å². The first-order valence-corrected chi connectivity index (χ1v) is 4.63. The molecule has 0 spiro atoms. The van der Waals surface area contributed by atoms with E-state index in [4.69, 9.17) is 10.5 Å². The third-order valence-electron chi connectivity index (χ3n) is 2.14. The quantitative estimate of drug-likeness (QED) is 0.650. The Morgan fingerprint density at radius 2 is 2.38 bits per heavy atom. The van der Waals surface area contributed by atoms with Crippen LogP contribution < -0.4 is 11.1 Å². The molecule has 0 aromatic heterocycles. The Morgan fingerprint density at radius 3 is 2.85 bits per heavy atom. The van der Waals surface area contributed by atoms with Gasteiger partial charge in [0.15, 0.2) is 0 Å². The number of nitrogens with one attached hydrogen (secondary N) is 1. The van der Waals surface area contributed by atoms with Gasteiger partial charge in [0.1, 0.15) is 0 Å². The van der Waals surface area contributed by atoms with Crippen LogP contribution in [0, 0.1) is 0 Å². The van der Waals surface area contributed by atoms with Gasteiger partial charge in [-0.05, 0) is 20.3 Å². The molecule has 0 saturated carbocycles. The van der Waals surface area contributed by atoms with Gasteiger partial charge >= 0.3 is 0 Å². The van der Waals surface area contributed by atoms with Crippen molar-refractivity contribution >= 4 is 5.91 Å². The zero-order valence-corrected chi connectivity index (χ0v) is 8.30. The number of hydrogen-bond donors (Lipinski definition) is 2. The van der Waals surface area contributed by atoms with Gasteiger partial charge in [0, 0.05) is 24.6 Å². The smallest absolute Gasteiger partial charge is 0.219 e. The second kappa shape index (κ2) is 4.07. The molecule has 1 aliphatic heterocycles. The first-order valence-electron chi connectivity index (χ1n) is 4.63. The number of amides is 1. The van der Waals surface area contributed by atoms with Crippen molar-refractivity contribution in [2.24, 2.45) is 5.73 Å². The number of primary amides is 1. The summed E-state index contributed by atoms with van der Waals surface area (Å²) in [4.78, 5) is 10.7. The van der Waals surface area contributed by atoms with Gasteiger partial charge in [-0.2, -0.15) is 0 Å². The third kappa shape index (κ3) is 3.74. The van der Waals surface area contributed by atoms with Crippen LogP contribution in [-0.4, -0.2) is 30.7 Å². The molecule has 0 aliphatic carbocycles. The van der Waals surface area contributed by atoms with Gasteiger partial charge in [0.2, 0.25) is 5.91 Å². The number of ether oxygens (including phenoxy) is 1. The Morgan fingerprint density at radius 1 is 1.69 bits per heavy atom. The molecule has 1 atom stereocenters. The fourth-order valence-electron chi connectivity index (χ4n) is 1.69. The lowest BCUT2D eigenvalue weighted by atomic mass is 9.98. The van der Waals surface area contributed by atoms with Gasteiger partial charge in [0.25, 0.3) is 0 Å². The zero-order chi connectivity index (χ0) is 9.90. The van der Waals surface area contributed by atoms with E-state index in [2.05, 4.69) is 5.32 Å². The third-order valence-corrected chi connectivity index (χ3v) is 2.14. The number of nitrogens with two attached hydrogens (primary N) is 1. The summed E-state index contributed by atoms with van der Waals surface area (Å²) in [6.07, 6.45) is 1.38. The fraction of sp³-hybridized carbons (Fsp3) is 0.889. The summed E-state index contributed by atoms with van der Waals surface area (Å²) in [7, 11) is 0. The molecule has 1 unspecified atom stereocenters. The summed E-state index contributed by atoms with van der Waals surface area (Å²) in [5.74, 6) is -0.267. The Hall–Kier alpha value is -0.610. The van der Waals surface area contributed by atoms with Crippen LogP contribution in [0.25, 0.3) is 0 Å². The Balaban J connectivity index is 2.35. The molecule has 0 radical (unpaired) electrons. The Kier molecular flexibility index (Phi) is 3.27. The van der Waals surface area contributed by atoms with Crippen molar-refractivity contribution in [2.75, 3.05) is 13.2 Å². The first kappa shape index (κ1) is 10.5. The number of hydrogen-bond acceptors (Lipinski definition) is 3. The average Bonchev–Trinajstić information content (AvgIpc) is 2.34. The number of rotatable bonds is 4. The van der Waals surface area contributed by atoms with Gasteiger partial charge in [0.05, 0.1) is 6.61 Å². The van der Waals surface area contributed by atoms with E-state index in [0.29, 0.717) is 12.5 Å². The molecular weight excluding hydrogens is 168 g/mol. The molecule has 1 fully saturated rings. The van der Waals surface area contributed by atoms with Crippen LogP contribution in [0.3, 0.4) is 0 Å². The SMILES string of the molecule is CC(C)(CC(N)=O)NC1CCOC1. The molecule has 3 N–H and O–H groups in total. The van der Waals surface area contributed by atoms with Crippen LogP contribution in [0.4, 0.5) is 0 Å². The van der Waals surface area contributed by atoms with Crippen molar-refractivity contribution in [2.45, 2.75) is 38.3 Å². The van der Waals surface area contributed by atoms with Crippen molar-refractivity contribution in [1.82, 2.24) is 5.32 Å². The molecule has 76 valence electrons.